The van der Waals surface area contributed by atoms with E-state index in [-0.39, 0.29) is 30.5 Å². The first kappa shape index (κ1) is 30.7. The van der Waals surface area contributed by atoms with Crippen LogP contribution in [0.15, 0.2) is 61.2 Å². The largest absolute Gasteiger partial charge is 0.330 e. The molecule has 0 N–H and O–H groups in total. The fraction of sp³-hybridized carbons (Fsp3) is 0.500. The van der Waals surface area contributed by atoms with Gasteiger partial charge in [0.25, 0.3) is 0 Å². The van der Waals surface area contributed by atoms with Crippen LogP contribution in [0.1, 0.15) is 77.0 Å². The van der Waals surface area contributed by atoms with Gasteiger partial charge < -0.3 is 4.90 Å². The van der Waals surface area contributed by atoms with Crippen LogP contribution in [-0.4, -0.2) is 47.9 Å². The minimum Gasteiger partial charge on any atom is -0.330 e. The molecule has 1 fully saturated rings. The number of nitrogens with zero attached hydrogens (tertiary/aromatic N) is 2. The summed E-state index contributed by atoms with van der Waals surface area (Å²) in [4.78, 5) is 16.4. The number of sulfonamides is 1. The number of piperidine rings is 1. The third-order valence-electron chi connectivity index (χ3n) is 7.77. The van der Waals surface area contributed by atoms with Crippen LogP contribution in [-0.2, 0) is 14.8 Å². The van der Waals surface area contributed by atoms with Crippen LogP contribution in [0.2, 0.25) is 10.0 Å². The van der Waals surface area contributed by atoms with E-state index < -0.39 is 20.7 Å². The van der Waals surface area contributed by atoms with Crippen molar-refractivity contribution in [3.05, 3.63) is 82.4 Å². The standard InChI is InChI=1S/C30H40Cl2N2O3S/c1-7-17-30(6)19-27(23-11-10-12-25(32)18-23)28(22-13-15-24(31)16-14-22)34(29(30)35)26(8-2)20-33(9-3)38(36,37)21(4)5/h7,10-16,18,21,26-28H,1,8-9,17,19-20H2,2-6H3/t26-,27+,28+,30-/m0/s1. The van der Waals surface area contributed by atoms with Crippen LogP contribution in [0.5, 0.6) is 0 Å². The summed E-state index contributed by atoms with van der Waals surface area (Å²) in [5, 5.41) is 0.707. The van der Waals surface area contributed by atoms with E-state index >= 15 is 0 Å². The van der Waals surface area contributed by atoms with Gasteiger partial charge >= 0.3 is 0 Å². The molecule has 208 valence electrons. The molecule has 8 heteroatoms. The molecular weight excluding hydrogens is 539 g/mol. The van der Waals surface area contributed by atoms with Crippen LogP contribution >= 0.6 is 23.2 Å². The number of carbonyl (C=O) groups is 1. The van der Waals surface area contributed by atoms with E-state index in [2.05, 4.69) is 12.6 Å². The number of allylic oxidation sites excluding steroid dienone is 1. The molecule has 3 rings (SSSR count). The van der Waals surface area contributed by atoms with Gasteiger partial charge in [-0.1, -0.05) is 74.3 Å². The van der Waals surface area contributed by atoms with Gasteiger partial charge in [-0.2, -0.15) is 4.31 Å². The maximum Gasteiger partial charge on any atom is 0.229 e. The second kappa shape index (κ2) is 12.5. The van der Waals surface area contributed by atoms with Crippen molar-refractivity contribution in [3.8, 4) is 0 Å². The Hall–Kier alpha value is -1.86. The molecule has 0 bridgehead atoms. The molecule has 1 aliphatic heterocycles. The predicted molar refractivity (Wildman–Crippen MR) is 158 cm³/mol. The van der Waals surface area contributed by atoms with Gasteiger partial charge in [-0.05, 0) is 68.5 Å². The zero-order chi connectivity index (χ0) is 28.3. The average molecular weight is 580 g/mol. The van der Waals surface area contributed by atoms with E-state index in [0.29, 0.717) is 35.9 Å². The molecule has 0 spiro atoms. The lowest BCUT2D eigenvalue weighted by Crippen LogP contribution is -2.58. The number of halogens is 2. The summed E-state index contributed by atoms with van der Waals surface area (Å²) < 4.78 is 27.9. The lowest BCUT2D eigenvalue weighted by atomic mass is 9.67. The van der Waals surface area contributed by atoms with E-state index in [4.69, 9.17) is 23.2 Å². The molecule has 2 aromatic rings. The number of likely N-dealkylation sites (N-methyl/N-ethyl adjacent to an activating group) is 1. The van der Waals surface area contributed by atoms with E-state index in [1.807, 2.05) is 68.1 Å². The highest BCUT2D eigenvalue weighted by Crippen LogP contribution is 2.52. The molecule has 1 aliphatic rings. The van der Waals surface area contributed by atoms with Crippen molar-refractivity contribution in [3.63, 3.8) is 0 Å². The van der Waals surface area contributed by atoms with Gasteiger partial charge in [-0.25, -0.2) is 8.42 Å². The number of carbonyl (C=O) groups excluding carboxylic acids is 1. The molecule has 0 aliphatic carbocycles. The molecule has 0 radical (unpaired) electrons. The van der Waals surface area contributed by atoms with Gasteiger partial charge in [-0.15, -0.1) is 6.58 Å². The Kier molecular flexibility index (Phi) is 10.1. The Bertz CT molecular complexity index is 1230. The third-order valence-corrected chi connectivity index (χ3v) is 10.6. The fourth-order valence-corrected chi connectivity index (χ4v) is 7.31. The van der Waals surface area contributed by atoms with Gasteiger partial charge in [0.05, 0.1) is 16.7 Å². The number of hydrogen-bond donors (Lipinski definition) is 0. The first-order valence-corrected chi connectivity index (χ1v) is 15.6. The highest BCUT2D eigenvalue weighted by atomic mass is 35.5. The number of likely N-dealkylation sites (tertiary alicyclic amines) is 1. The second-order valence-corrected chi connectivity index (χ2v) is 14.1. The van der Waals surface area contributed by atoms with Crippen molar-refractivity contribution in [1.29, 1.82) is 0 Å². The Morgan fingerprint density at radius 3 is 2.29 bits per heavy atom. The van der Waals surface area contributed by atoms with Gasteiger partial charge in [0.15, 0.2) is 0 Å². The molecule has 0 unspecified atom stereocenters. The minimum absolute atomic E-state index is 0.0143. The lowest BCUT2D eigenvalue weighted by Gasteiger charge is -2.52. The van der Waals surface area contributed by atoms with Crippen molar-refractivity contribution in [1.82, 2.24) is 9.21 Å². The van der Waals surface area contributed by atoms with Crippen molar-refractivity contribution in [2.45, 2.75) is 77.1 Å². The Morgan fingerprint density at radius 1 is 1.11 bits per heavy atom. The molecule has 2 aromatic carbocycles. The number of amides is 1. The predicted octanol–water partition coefficient (Wildman–Crippen LogP) is 7.47. The van der Waals surface area contributed by atoms with Gasteiger partial charge in [0.1, 0.15) is 0 Å². The maximum absolute atomic E-state index is 14.4. The Balaban J connectivity index is 2.23. The minimum atomic E-state index is -3.50. The van der Waals surface area contributed by atoms with Crippen LogP contribution in [0.3, 0.4) is 0 Å². The van der Waals surface area contributed by atoms with E-state index in [1.54, 1.807) is 19.9 Å². The van der Waals surface area contributed by atoms with Crippen molar-refractivity contribution in [2.24, 2.45) is 5.41 Å². The van der Waals surface area contributed by atoms with Crippen molar-refractivity contribution in [2.75, 3.05) is 13.1 Å². The summed E-state index contributed by atoms with van der Waals surface area (Å²) in [5.41, 5.74) is 1.31. The summed E-state index contributed by atoms with van der Waals surface area (Å²) in [7, 11) is -3.50. The third kappa shape index (κ3) is 6.30. The molecule has 5 nitrogen and oxygen atoms in total. The molecule has 4 atom stereocenters. The lowest BCUT2D eigenvalue weighted by molar-refractivity contribution is -0.154. The number of benzene rings is 2. The molecule has 1 saturated heterocycles. The normalized spacial score (nSPS) is 23.2. The van der Waals surface area contributed by atoms with E-state index in [0.717, 1.165) is 11.1 Å². The zero-order valence-electron chi connectivity index (χ0n) is 23.0. The van der Waals surface area contributed by atoms with Crippen LogP contribution in [0.25, 0.3) is 0 Å². The molecule has 0 saturated carbocycles. The molecule has 38 heavy (non-hydrogen) atoms. The van der Waals surface area contributed by atoms with Gasteiger partial charge in [0.2, 0.25) is 15.9 Å². The molecule has 1 heterocycles. The topological polar surface area (TPSA) is 57.7 Å². The SMILES string of the molecule is C=CC[C@@]1(C)C[C@H](c2cccc(Cl)c2)[C@@H](c2ccc(Cl)cc2)N([C@@H](CC)CN(CC)S(=O)(=O)C(C)C)C1=O. The van der Waals surface area contributed by atoms with Gasteiger partial charge in [-0.3, -0.25) is 4.79 Å². The van der Waals surface area contributed by atoms with Crippen LogP contribution in [0.4, 0.5) is 0 Å². The summed E-state index contributed by atoms with van der Waals surface area (Å²) >= 11 is 12.7. The number of hydrogen-bond acceptors (Lipinski definition) is 3. The number of rotatable bonds is 11. The summed E-state index contributed by atoms with van der Waals surface area (Å²) in [5.74, 6) is -0.0520. The second-order valence-electron chi connectivity index (χ2n) is 10.7. The zero-order valence-corrected chi connectivity index (χ0v) is 25.4. The van der Waals surface area contributed by atoms with Gasteiger partial charge in [0, 0.05) is 35.1 Å². The Morgan fingerprint density at radius 2 is 1.76 bits per heavy atom. The van der Waals surface area contributed by atoms with Crippen molar-refractivity contribution < 1.29 is 13.2 Å². The molecule has 0 aromatic heterocycles. The van der Waals surface area contributed by atoms with E-state index in [1.165, 1.54) is 4.31 Å². The fourth-order valence-electron chi connectivity index (χ4n) is 5.65. The molecule has 1 amide bonds. The smallest absolute Gasteiger partial charge is 0.229 e. The summed E-state index contributed by atoms with van der Waals surface area (Å²) in [6, 6.07) is 14.8. The highest BCUT2D eigenvalue weighted by Gasteiger charge is 2.51. The first-order chi connectivity index (χ1) is 17.9. The first-order valence-electron chi connectivity index (χ1n) is 13.3. The summed E-state index contributed by atoms with van der Waals surface area (Å²) in [6.07, 6.45) is 3.54. The monoisotopic (exact) mass is 578 g/mol. The Labute approximate surface area is 238 Å². The molecular formula is C30H40Cl2N2O3S. The highest BCUT2D eigenvalue weighted by molar-refractivity contribution is 7.89. The van der Waals surface area contributed by atoms with Crippen molar-refractivity contribution >= 4 is 39.1 Å². The van der Waals surface area contributed by atoms with Crippen LogP contribution < -0.4 is 0 Å². The quantitative estimate of drug-likeness (QED) is 0.260. The van der Waals surface area contributed by atoms with E-state index in [9.17, 15) is 13.2 Å². The van der Waals surface area contributed by atoms with Crippen LogP contribution in [0, 0.1) is 5.41 Å². The summed E-state index contributed by atoms with van der Waals surface area (Å²) in [6.45, 7) is 13.8. The maximum atomic E-state index is 14.4. The average Bonchev–Trinajstić information content (AvgIpc) is 2.87.